The van der Waals surface area contributed by atoms with Gasteiger partial charge in [0.15, 0.2) is 0 Å². The van der Waals surface area contributed by atoms with Crippen molar-refractivity contribution >= 4 is 0 Å². The second kappa shape index (κ2) is 6.40. The van der Waals surface area contributed by atoms with E-state index >= 15 is 0 Å². The van der Waals surface area contributed by atoms with Gasteiger partial charge < -0.3 is 14.6 Å². The van der Waals surface area contributed by atoms with E-state index in [4.69, 9.17) is 9.47 Å². The van der Waals surface area contributed by atoms with Crippen molar-refractivity contribution in [3.8, 4) is 5.75 Å². The normalized spacial score (nSPS) is 15.1. The molecule has 1 rings (SSSR count). The highest BCUT2D eigenvalue weighted by Crippen LogP contribution is 2.28. The number of methoxy groups -OCH3 is 2. The summed E-state index contributed by atoms with van der Waals surface area (Å²) in [6.45, 7) is 8.24. The van der Waals surface area contributed by atoms with Gasteiger partial charge in [-0.15, -0.1) is 0 Å². The summed E-state index contributed by atoms with van der Waals surface area (Å²) < 4.78 is 10.8. The summed E-state index contributed by atoms with van der Waals surface area (Å²) in [7, 11) is 3.30. The Labute approximate surface area is 116 Å². The molecule has 1 aromatic carbocycles. The maximum atomic E-state index is 10.4. The van der Waals surface area contributed by atoms with Crippen LogP contribution in [0, 0.1) is 12.3 Å². The van der Waals surface area contributed by atoms with Crippen molar-refractivity contribution in [2.75, 3.05) is 14.2 Å². The predicted molar refractivity (Wildman–Crippen MR) is 77.7 cm³/mol. The van der Waals surface area contributed by atoms with Crippen molar-refractivity contribution in [3.63, 3.8) is 0 Å². The Morgan fingerprint density at radius 1 is 1.21 bits per heavy atom. The highest BCUT2D eigenvalue weighted by Gasteiger charge is 2.31. The van der Waals surface area contributed by atoms with Crippen molar-refractivity contribution in [3.05, 3.63) is 29.3 Å². The third-order valence-corrected chi connectivity index (χ3v) is 3.32. The average Bonchev–Trinajstić information content (AvgIpc) is 2.28. The van der Waals surface area contributed by atoms with Gasteiger partial charge in [0.2, 0.25) is 0 Å². The van der Waals surface area contributed by atoms with Crippen LogP contribution in [0.25, 0.3) is 0 Å². The van der Waals surface area contributed by atoms with Crippen LogP contribution in [-0.4, -0.2) is 31.5 Å². The van der Waals surface area contributed by atoms with Gasteiger partial charge in [0.25, 0.3) is 0 Å². The van der Waals surface area contributed by atoms with Crippen LogP contribution in [0.3, 0.4) is 0 Å². The van der Waals surface area contributed by atoms with Crippen LogP contribution in [0.4, 0.5) is 0 Å². The van der Waals surface area contributed by atoms with Crippen molar-refractivity contribution < 1.29 is 14.6 Å². The van der Waals surface area contributed by atoms with Crippen molar-refractivity contribution in [1.82, 2.24) is 0 Å². The summed E-state index contributed by atoms with van der Waals surface area (Å²) in [6, 6.07) is 6.00. The number of aryl methyl sites for hydroxylation is 1. The fourth-order valence-corrected chi connectivity index (χ4v) is 2.49. The third kappa shape index (κ3) is 4.22. The third-order valence-electron chi connectivity index (χ3n) is 3.32. The Kier molecular flexibility index (Phi) is 5.39. The lowest BCUT2D eigenvalue weighted by Gasteiger charge is -2.33. The number of hydrogen-bond acceptors (Lipinski definition) is 3. The van der Waals surface area contributed by atoms with Crippen LogP contribution in [0.15, 0.2) is 18.2 Å². The van der Waals surface area contributed by atoms with E-state index in [-0.39, 0.29) is 11.5 Å². The molecule has 0 bridgehead atoms. The van der Waals surface area contributed by atoms with Crippen LogP contribution in [0.5, 0.6) is 5.75 Å². The Balaban J connectivity index is 2.92. The molecule has 2 atom stereocenters. The molecule has 0 aromatic heterocycles. The van der Waals surface area contributed by atoms with Crippen molar-refractivity contribution in [1.29, 1.82) is 0 Å². The first-order chi connectivity index (χ1) is 8.79. The number of hydrogen-bond donors (Lipinski definition) is 1. The van der Waals surface area contributed by atoms with E-state index in [1.807, 2.05) is 19.1 Å². The molecule has 0 fully saturated rings. The molecule has 0 radical (unpaired) electrons. The van der Waals surface area contributed by atoms with E-state index in [1.54, 1.807) is 14.2 Å². The molecule has 0 heterocycles. The van der Waals surface area contributed by atoms with Gasteiger partial charge in [-0.1, -0.05) is 38.5 Å². The first-order valence-corrected chi connectivity index (χ1v) is 6.64. The quantitative estimate of drug-likeness (QED) is 0.890. The molecule has 0 aliphatic heterocycles. The van der Waals surface area contributed by atoms with Gasteiger partial charge in [0, 0.05) is 13.5 Å². The second-order valence-electron chi connectivity index (χ2n) is 6.11. The van der Waals surface area contributed by atoms with Crippen LogP contribution in [-0.2, 0) is 11.2 Å². The topological polar surface area (TPSA) is 38.7 Å². The molecular weight excluding hydrogens is 240 g/mol. The lowest BCUT2D eigenvalue weighted by Crippen LogP contribution is -2.40. The van der Waals surface area contributed by atoms with Gasteiger partial charge in [-0.3, -0.25) is 0 Å². The van der Waals surface area contributed by atoms with E-state index < -0.39 is 6.10 Å². The van der Waals surface area contributed by atoms with Gasteiger partial charge >= 0.3 is 0 Å². The predicted octanol–water partition coefficient (Wildman–Crippen LogP) is 2.97. The molecule has 108 valence electrons. The standard InChI is InChI=1S/C16H26O3/c1-11-7-8-14(18-5)12(9-11)10-13(17)15(19-6)16(2,3)4/h7-9,13,15,17H,10H2,1-6H3. The maximum absolute atomic E-state index is 10.4. The lowest BCUT2D eigenvalue weighted by molar-refractivity contribution is -0.0700. The maximum Gasteiger partial charge on any atom is 0.122 e. The summed E-state index contributed by atoms with van der Waals surface area (Å²) >= 11 is 0. The largest absolute Gasteiger partial charge is 0.496 e. The zero-order chi connectivity index (χ0) is 14.6. The summed E-state index contributed by atoms with van der Waals surface area (Å²) in [4.78, 5) is 0. The molecule has 2 unspecified atom stereocenters. The highest BCUT2D eigenvalue weighted by molar-refractivity contribution is 5.37. The van der Waals surface area contributed by atoms with Gasteiger partial charge in [-0.05, 0) is 24.0 Å². The van der Waals surface area contributed by atoms with Crippen molar-refractivity contribution in [2.24, 2.45) is 5.41 Å². The van der Waals surface area contributed by atoms with Crippen LogP contribution in [0.1, 0.15) is 31.9 Å². The highest BCUT2D eigenvalue weighted by atomic mass is 16.5. The molecule has 0 aliphatic carbocycles. The molecule has 0 spiro atoms. The zero-order valence-corrected chi connectivity index (χ0v) is 12.9. The molecule has 0 saturated carbocycles. The van der Waals surface area contributed by atoms with Gasteiger partial charge in [0.05, 0.1) is 19.3 Å². The zero-order valence-electron chi connectivity index (χ0n) is 12.9. The minimum atomic E-state index is -0.555. The molecular formula is C16H26O3. The van der Waals surface area contributed by atoms with E-state index in [1.165, 1.54) is 0 Å². The second-order valence-corrected chi connectivity index (χ2v) is 6.11. The van der Waals surface area contributed by atoms with E-state index in [0.29, 0.717) is 6.42 Å². The molecule has 19 heavy (non-hydrogen) atoms. The van der Waals surface area contributed by atoms with E-state index in [2.05, 4.69) is 26.8 Å². The summed E-state index contributed by atoms with van der Waals surface area (Å²) in [5.74, 6) is 0.813. The van der Waals surface area contributed by atoms with Gasteiger partial charge in [0.1, 0.15) is 5.75 Å². The number of benzene rings is 1. The molecule has 1 N–H and O–H groups in total. The van der Waals surface area contributed by atoms with E-state index in [0.717, 1.165) is 16.9 Å². The summed E-state index contributed by atoms with van der Waals surface area (Å²) in [5.41, 5.74) is 2.07. The number of aliphatic hydroxyl groups is 1. The number of aliphatic hydroxyl groups excluding tert-OH is 1. The lowest BCUT2D eigenvalue weighted by atomic mass is 9.83. The Morgan fingerprint density at radius 3 is 2.32 bits per heavy atom. The Morgan fingerprint density at radius 2 is 1.84 bits per heavy atom. The smallest absolute Gasteiger partial charge is 0.122 e. The Bertz CT molecular complexity index is 407. The number of ether oxygens (including phenoxy) is 2. The molecule has 3 heteroatoms. The van der Waals surface area contributed by atoms with Crippen molar-refractivity contribution in [2.45, 2.75) is 46.3 Å². The summed E-state index contributed by atoms with van der Waals surface area (Å²) in [5, 5.41) is 10.4. The minimum absolute atomic E-state index is 0.106. The first-order valence-electron chi connectivity index (χ1n) is 6.64. The molecule has 0 saturated heterocycles. The fraction of sp³-hybridized carbons (Fsp3) is 0.625. The van der Waals surface area contributed by atoms with E-state index in [9.17, 15) is 5.11 Å². The molecule has 0 amide bonds. The first kappa shape index (κ1) is 16.0. The van der Waals surface area contributed by atoms with Crippen LogP contribution in [0.2, 0.25) is 0 Å². The molecule has 1 aromatic rings. The SMILES string of the molecule is COc1ccc(C)cc1CC(O)C(OC)C(C)(C)C. The molecule has 3 nitrogen and oxygen atoms in total. The average molecular weight is 266 g/mol. The van der Waals surface area contributed by atoms with Gasteiger partial charge in [-0.25, -0.2) is 0 Å². The van der Waals surface area contributed by atoms with Gasteiger partial charge in [-0.2, -0.15) is 0 Å². The summed E-state index contributed by atoms with van der Waals surface area (Å²) in [6.07, 6.45) is -0.237. The minimum Gasteiger partial charge on any atom is -0.496 e. The van der Waals surface area contributed by atoms with Crippen LogP contribution >= 0.6 is 0 Å². The number of rotatable bonds is 5. The Hall–Kier alpha value is -1.06. The molecule has 0 aliphatic rings. The monoisotopic (exact) mass is 266 g/mol. The van der Waals surface area contributed by atoms with Crippen LogP contribution < -0.4 is 4.74 Å². The fourth-order valence-electron chi connectivity index (χ4n) is 2.49.